The number of aromatic nitrogens is 4. The monoisotopic (exact) mass is 431 g/mol. The van der Waals surface area contributed by atoms with Gasteiger partial charge in [-0.1, -0.05) is 0 Å². The van der Waals surface area contributed by atoms with E-state index in [2.05, 4.69) is 25.3 Å². The molecular weight excluding hydrogens is 411 g/mol. The molecule has 4 heterocycles. The molecule has 0 saturated carbocycles. The van der Waals surface area contributed by atoms with Gasteiger partial charge in [0.25, 0.3) is 0 Å². The van der Waals surface area contributed by atoms with Crippen molar-refractivity contribution in [2.24, 2.45) is 0 Å². The first kappa shape index (κ1) is 20.8. The number of hydrogen-bond acceptors (Lipinski definition) is 8. The van der Waals surface area contributed by atoms with Gasteiger partial charge in [-0.25, -0.2) is 9.97 Å². The van der Waals surface area contributed by atoms with Gasteiger partial charge >= 0.3 is 6.18 Å². The van der Waals surface area contributed by atoms with Gasteiger partial charge in [-0.3, -0.25) is 4.98 Å². The molecule has 0 aliphatic carbocycles. The number of morpholine rings is 1. The highest BCUT2D eigenvalue weighted by molar-refractivity contribution is 5.71. The summed E-state index contributed by atoms with van der Waals surface area (Å²) in [5, 5.41) is 2.79. The predicted octanol–water partition coefficient (Wildman–Crippen LogP) is 3.42. The zero-order valence-electron chi connectivity index (χ0n) is 16.6. The molecule has 11 heteroatoms. The van der Waals surface area contributed by atoms with Gasteiger partial charge in [0.2, 0.25) is 5.95 Å². The lowest BCUT2D eigenvalue weighted by Crippen LogP contribution is -2.37. The number of pyridine rings is 2. The molecule has 3 aromatic rings. The zero-order valence-corrected chi connectivity index (χ0v) is 16.6. The van der Waals surface area contributed by atoms with Gasteiger partial charge in [-0.05, 0) is 24.6 Å². The Morgan fingerprint density at radius 1 is 1.13 bits per heavy atom. The molecule has 0 aromatic carbocycles. The van der Waals surface area contributed by atoms with E-state index in [9.17, 15) is 13.2 Å². The van der Waals surface area contributed by atoms with Crippen LogP contribution in [0.1, 0.15) is 11.1 Å². The van der Waals surface area contributed by atoms with E-state index in [-0.39, 0.29) is 11.5 Å². The van der Waals surface area contributed by atoms with Gasteiger partial charge in [-0.15, -0.1) is 0 Å². The maximum Gasteiger partial charge on any atom is 0.419 e. The molecule has 4 rings (SSSR count). The van der Waals surface area contributed by atoms with Crippen molar-refractivity contribution in [3.63, 3.8) is 0 Å². The van der Waals surface area contributed by atoms with Crippen molar-refractivity contribution in [1.82, 2.24) is 19.9 Å². The number of hydrogen-bond donors (Lipinski definition) is 2. The third-order valence-electron chi connectivity index (χ3n) is 4.81. The number of aryl methyl sites for hydroxylation is 1. The molecule has 1 saturated heterocycles. The highest BCUT2D eigenvalue weighted by atomic mass is 19.4. The predicted molar refractivity (Wildman–Crippen MR) is 110 cm³/mol. The molecule has 0 spiro atoms. The first-order valence-electron chi connectivity index (χ1n) is 9.54. The lowest BCUT2D eigenvalue weighted by molar-refractivity contribution is -0.137. The van der Waals surface area contributed by atoms with E-state index in [0.29, 0.717) is 49.3 Å². The molecular formula is C20H20F3N7O. The van der Waals surface area contributed by atoms with Crippen molar-refractivity contribution in [2.45, 2.75) is 13.1 Å². The number of nitrogen functional groups attached to an aromatic ring is 1. The van der Waals surface area contributed by atoms with Crippen molar-refractivity contribution in [1.29, 1.82) is 0 Å². The van der Waals surface area contributed by atoms with Crippen LogP contribution in [-0.2, 0) is 10.9 Å². The summed E-state index contributed by atoms with van der Waals surface area (Å²) in [5.74, 6) is 0.982. The average Bonchev–Trinajstić information content (AvgIpc) is 2.74. The fourth-order valence-corrected chi connectivity index (χ4v) is 3.25. The fraction of sp³-hybridized carbons (Fsp3) is 0.300. The lowest BCUT2D eigenvalue weighted by atomic mass is 10.1. The van der Waals surface area contributed by atoms with Crippen LogP contribution in [0.15, 0.2) is 36.8 Å². The topological polar surface area (TPSA) is 102 Å². The van der Waals surface area contributed by atoms with Crippen LogP contribution in [0.4, 0.5) is 36.4 Å². The molecule has 162 valence electrons. The van der Waals surface area contributed by atoms with Crippen molar-refractivity contribution < 1.29 is 17.9 Å². The molecule has 0 amide bonds. The second-order valence-electron chi connectivity index (χ2n) is 7.01. The van der Waals surface area contributed by atoms with Crippen molar-refractivity contribution in [2.75, 3.05) is 42.3 Å². The number of anilines is 4. The molecule has 3 N–H and O–H groups in total. The Morgan fingerprint density at radius 2 is 1.90 bits per heavy atom. The number of nitrogens with two attached hydrogens (primary N) is 1. The maximum atomic E-state index is 13.4. The van der Waals surface area contributed by atoms with E-state index in [1.165, 1.54) is 12.3 Å². The minimum atomic E-state index is -4.56. The van der Waals surface area contributed by atoms with Crippen LogP contribution in [0.2, 0.25) is 0 Å². The SMILES string of the molecule is Cc1cc(N)ncc1-c1cc(Nc2ccncc2C(F)(F)F)nc(N2CCOCC2)n1. The van der Waals surface area contributed by atoms with Gasteiger partial charge in [-0.2, -0.15) is 18.2 Å². The number of alkyl halides is 3. The summed E-state index contributed by atoms with van der Waals surface area (Å²) in [6, 6.07) is 4.56. The van der Waals surface area contributed by atoms with Crippen LogP contribution in [0.5, 0.6) is 0 Å². The molecule has 0 unspecified atom stereocenters. The maximum absolute atomic E-state index is 13.4. The standard InChI is InChI=1S/C20H20F3N7O/c1-12-8-17(24)26-10-13(12)16-9-18(29-19(28-16)30-4-6-31-7-5-30)27-15-2-3-25-11-14(15)20(21,22)23/h2-3,8-11H,4-7H2,1H3,(H2,24,26)(H,25,27,28,29). The molecule has 8 nitrogen and oxygen atoms in total. The minimum Gasteiger partial charge on any atom is -0.384 e. The van der Waals surface area contributed by atoms with Crippen LogP contribution in [0.25, 0.3) is 11.3 Å². The highest BCUT2D eigenvalue weighted by Gasteiger charge is 2.34. The van der Waals surface area contributed by atoms with Crippen LogP contribution in [-0.4, -0.2) is 46.2 Å². The second kappa shape index (κ2) is 8.34. The first-order valence-corrected chi connectivity index (χ1v) is 9.54. The Balaban J connectivity index is 1.79. The number of rotatable bonds is 4. The van der Waals surface area contributed by atoms with Crippen molar-refractivity contribution in [3.05, 3.63) is 47.9 Å². The number of halogens is 3. The summed E-state index contributed by atoms with van der Waals surface area (Å²) in [5.41, 5.74) is 6.79. The average molecular weight is 431 g/mol. The van der Waals surface area contributed by atoms with Crippen LogP contribution < -0.4 is 16.0 Å². The van der Waals surface area contributed by atoms with Gasteiger partial charge in [0.1, 0.15) is 11.6 Å². The zero-order chi connectivity index (χ0) is 22.0. The summed E-state index contributed by atoms with van der Waals surface area (Å²) in [6.07, 6.45) is -0.900. The molecule has 3 aromatic heterocycles. The largest absolute Gasteiger partial charge is 0.419 e. The number of ether oxygens (including phenoxy) is 1. The van der Waals surface area contributed by atoms with Gasteiger partial charge in [0.05, 0.1) is 30.2 Å². The number of nitrogens with one attached hydrogen (secondary N) is 1. The van der Waals surface area contributed by atoms with Crippen LogP contribution >= 0.6 is 0 Å². The highest BCUT2D eigenvalue weighted by Crippen LogP contribution is 2.36. The fourth-order valence-electron chi connectivity index (χ4n) is 3.25. The molecule has 31 heavy (non-hydrogen) atoms. The van der Waals surface area contributed by atoms with E-state index in [4.69, 9.17) is 10.5 Å². The normalized spacial score (nSPS) is 14.5. The molecule has 1 fully saturated rings. The summed E-state index contributed by atoms with van der Waals surface area (Å²) >= 11 is 0. The van der Waals surface area contributed by atoms with Gasteiger partial charge in [0, 0.05) is 43.3 Å². The summed E-state index contributed by atoms with van der Waals surface area (Å²) in [7, 11) is 0. The van der Waals surface area contributed by atoms with Crippen LogP contribution in [0.3, 0.4) is 0 Å². The lowest BCUT2D eigenvalue weighted by Gasteiger charge is -2.27. The minimum absolute atomic E-state index is 0.146. The van der Waals surface area contributed by atoms with E-state index < -0.39 is 11.7 Å². The summed E-state index contributed by atoms with van der Waals surface area (Å²) < 4.78 is 45.6. The third kappa shape index (κ3) is 4.66. The molecule has 1 aliphatic rings. The Labute approximate surface area is 176 Å². The molecule has 0 atom stereocenters. The van der Waals surface area contributed by atoms with Crippen LogP contribution in [0, 0.1) is 6.92 Å². The van der Waals surface area contributed by atoms with E-state index in [1.807, 2.05) is 11.8 Å². The Kier molecular flexibility index (Phi) is 5.59. The summed E-state index contributed by atoms with van der Waals surface area (Å²) in [4.78, 5) is 18.7. The quantitative estimate of drug-likeness (QED) is 0.648. The molecule has 0 radical (unpaired) electrons. The van der Waals surface area contributed by atoms with E-state index >= 15 is 0 Å². The van der Waals surface area contributed by atoms with E-state index in [0.717, 1.165) is 11.8 Å². The summed E-state index contributed by atoms with van der Waals surface area (Å²) in [6.45, 7) is 4.04. The number of nitrogens with zero attached hydrogens (tertiary/aromatic N) is 5. The van der Waals surface area contributed by atoms with Gasteiger partial charge in [0.15, 0.2) is 0 Å². The second-order valence-corrected chi connectivity index (χ2v) is 7.01. The van der Waals surface area contributed by atoms with Gasteiger partial charge < -0.3 is 20.7 Å². The van der Waals surface area contributed by atoms with E-state index in [1.54, 1.807) is 18.3 Å². The Hall–Kier alpha value is -3.47. The van der Waals surface area contributed by atoms with Crippen molar-refractivity contribution >= 4 is 23.3 Å². The smallest absolute Gasteiger partial charge is 0.384 e. The Morgan fingerprint density at radius 3 is 2.61 bits per heavy atom. The first-order chi connectivity index (χ1) is 14.8. The Bertz CT molecular complexity index is 1080. The molecule has 0 bridgehead atoms. The molecule has 1 aliphatic heterocycles. The third-order valence-corrected chi connectivity index (χ3v) is 4.81. The van der Waals surface area contributed by atoms with Crippen molar-refractivity contribution in [3.8, 4) is 11.3 Å².